The molecule has 0 aliphatic rings. The van der Waals surface area contributed by atoms with Crippen LogP contribution in [0.15, 0.2) is 89.5 Å². The van der Waals surface area contributed by atoms with Gasteiger partial charge in [0, 0.05) is 28.1 Å². The molecule has 3 heterocycles. The minimum atomic E-state index is 0.653. The maximum absolute atomic E-state index is 6.15. The Hall–Kier alpha value is -3.46. The molecule has 0 bridgehead atoms. The lowest BCUT2D eigenvalue weighted by Crippen LogP contribution is -1.82. The number of hydrogen-bond acceptors (Lipinski definition) is 3. The monoisotopic (exact) mass is 322 g/mol. The summed E-state index contributed by atoms with van der Waals surface area (Å²) in [6.07, 6.45) is 1.79. The normalized spacial score (nSPS) is 11.2. The smallest absolute Gasteiger partial charge is 0.227 e. The number of aromatic nitrogens is 2. The lowest BCUT2D eigenvalue weighted by Gasteiger charge is -2.00. The van der Waals surface area contributed by atoms with Gasteiger partial charge in [-0.15, -0.1) is 0 Å². The van der Waals surface area contributed by atoms with Crippen molar-refractivity contribution in [3.05, 3.63) is 85.1 Å². The molecule has 0 unspecified atom stereocenters. The van der Waals surface area contributed by atoms with Crippen LogP contribution in [0, 0.1) is 0 Å². The molecule has 0 amide bonds. The third kappa shape index (κ3) is 2.29. The van der Waals surface area contributed by atoms with Gasteiger partial charge in [0.25, 0.3) is 0 Å². The van der Waals surface area contributed by atoms with Crippen LogP contribution in [0.4, 0.5) is 0 Å². The molecule has 3 aromatic heterocycles. The number of para-hydroxylation sites is 1. The molecule has 25 heavy (non-hydrogen) atoms. The molecule has 0 saturated heterocycles. The Morgan fingerprint density at radius 2 is 1.52 bits per heavy atom. The summed E-state index contributed by atoms with van der Waals surface area (Å²) in [5.41, 5.74) is 5.35. The molecule has 2 aromatic carbocycles. The van der Waals surface area contributed by atoms with Gasteiger partial charge in [-0.1, -0.05) is 48.5 Å². The summed E-state index contributed by atoms with van der Waals surface area (Å²) in [4.78, 5) is 9.18. The van der Waals surface area contributed by atoms with Crippen molar-refractivity contribution in [2.24, 2.45) is 0 Å². The molecule has 0 aliphatic carbocycles. The van der Waals surface area contributed by atoms with Crippen LogP contribution < -0.4 is 0 Å². The first-order chi connectivity index (χ1) is 12.4. The van der Waals surface area contributed by atoms with E-state index in [1.54, 1.807) is 6.20 Å². The number of hydrogen-bond donors (Lipinski definition) is 0. The van der Waals surface area contributed by atoms with E-state index in [0.717, 1.165) is 38.9 Å². The van der Waals surface area contributed by atoms with E-state index in [2.05, 4.69) is 29.2 Å². The van der Waals surface area contributed by atoms with Crippen LogP contribution in [0.3, 0.4) is 0 Å². The zero-order valence-corrected chi connectivity index (χ0v) is 13.4. The van der Waals surface area contributed by atoms with Crippen LogP contribution in [0.2, 0.25) is 0 Å². The highest BCUT2D eigenvalue weighted by molar-refractivity contribution is 6.08. The van der Waals surface area contributed by atoms with Gasteiger partial charge in [-0.25, -0.2) is 4.98 Å². The van der Waals surface area contributed by atoms with Gasteiger partial charge < -0.3 is 4.42 Å². The number of rotatable bonds is 2. The van der Waals surface area contributed by atoms with Gasteiger partial charge in [0.2, 0.25) is 5.71 Å². The zero-order valence-electron chi connectivity index (χ0n) is 13.4. The van der Waals surface area contributed by atoms with Gasteiger partial charge >= 0.3 is 0 Å². The molecule has 0 N–H and O–H groups in total. The van der Waals surface area contributed by atoms with Crippen LogP contribution in [-0.2, 0) is 0 Å². The topological polar surface area (TPSA) is 38.9 Å². The third-order valence-electron chi connectivity index (χ3n) is 4.37. The van der Waals surface area contributed by atoms with Crippen LogP contribution in [0.25, 0.3) is 44.6 Å². The van der Waals surface area contributed by atoms with Gasteiger partial charge in [-0.3, -0.25) is 4.98 Å². The van der Waals surface area contributed by atoms with E-state index in [1.165, 1.54) is 0 Å². The molecule has 0 atom stereocenters. The molecule has 5 rings (SSSR count). The van der Waals surface area contributed by atoms with Crippen molar-refractivity contribution in [2.75, 3.05) is 0 Å². The Labute approximate surface area is 144 Å². The predicted molar refractivity (Wildman–Crippen MR) is 100 cm³/mol. The Morgan fingerprint density at radius 3 is 2.36 bits per heavy atom. The van der Waals surface area contributed by atoms with Gasteiger partial charge in [0.15, 0.2) is 0 Å². The summed E-state index contributed by atoms with van der Waals surface area (Å²) in [5.74, 6) is 0. The minimum absolute atomic E-state index is 0.653. The molecule has 0 radical (unpaired) electrons. The number of benzene rings is 2. The molecule has 5 aromatic rings. The van der Waals surface area contributed by atoms with Crippen molar-refractivity contribution in [3.63, 3.8) is 0 Å². The number of pyridine rings is 2. The molecule has 3 nitrogen and oxygen atoms in total. The quantitative estimate of drug-likeness (QED) is 0.418. The van der Waals surface area contributed by atoms with Crippen molar-refractivity contribution in [1.82, 2.24) is 9.97 Å². The maximum Gasteiger partial charge on any atom is 0.227 e. The summed E-state index contributed by atoms with van der Waals surface area (Å²) < 4.78 is 6.15. The first-order valence-corrected chi connectivity index (χ1v) is 8.19. The molecular formula is C22H14N2O. The van der Waals surface area contributed by atoms with Gasteiger partial charge in [0.05, 0.1) is 11.4 Å². The average Bonchev–Trinajstić information content (AvgIpc) is 3.07. The Balaban J connectivity index is 1.76. The summed E-state index contributed by atoms with van der Waals surface area (Å²) in [6, 6.07) is 26.3. The zero-order chi connectivity index (χ0) is 16.6. The van der Waals surface area contributed by atoms with E-state index in [-0.39, 0.29) is 0 Å². The summed E-state index contributed by atoms with van der Waals surface area (Å²) >= 11 is 0. The highest BCUT2D eigenvalue weighted by Crippen LogP contribution is 2.35. The molecule has 0 aliphatic heterocycles. The second kappa shape index (κ2) is 5.56. The molecule has 3 heteroatoms. The van der Waals surface area contributed by atoms with Crippen molar-refractivity contribution >= 4 is 22.1 Å². The number of nitrogens with zero attached hydrogens (tertiary/aromatic N) is 2. The van der Waals surface area contributed by atoms with Gasteiger partial charge in [-0.05, 0) is 30.3 Å². The van der Waals surface area contributed by atoms with Crippen LogP contribution >= 0.6 is 0 Å². The van der Waals surface area contributed by atoms with E-state index >= 15 is 0 Å². The fourth-order valence-corrected chi connectivity index (χ4v) is 3.17. The van der Waals surface area contributed by atoms with Crippen LogP contribution in [-0.4, -0.2) is 9.97 Å². The maximum atomic E-state index is 6.15. The van der Waals surface area contributed by atoms with Crippen molar-refractivity contribution in [1.29, 1.82) is 0 Å². The molecule has 0 fully saturated rings. The SMILES string of the molecule is c1ccc(-c2ccc3c(n2)oc2c(-c4ccccn4)cccc23)cc1. The minimum Gasteiger partial charge on any atom is -0.437 e. The molecule has 118 valence electrons. The van der Waals surface area contributed by atoms with E-state index in [9.17, 15) is 0 Å². The van der Waals surface area contributed by atoms with E-state index in [1.807, 2.05) is 54.6 Å². The average molecular weight is 322 g/mol. The lowest BCUT2D eigenvalue weighted by atomic mass is 10.1. The molecular weight excluding hydrogens is 308 g/mol. The van der Waals surface area contributed by atoms with Gasteiger partial charge in [0.1, 0.15) is 5.58 Å². The largest absolute Gasteiger partial charge is 0.437 e. The summed E-state index contributed by atoms with van der Waals surface area (Å²) in [5, 5.41) is 2.08. The standard InChI is InChI=1S/C22H14N2O/c1-2-7-15(8-3-1)19-13-12-17-16-9-6-10-18(20-11-4-5-14-23-20)21(16)25-22(17)24-19/h1-14H. The second-order valence-electron chi connectivity index (χ2n) is 5.91. The highest BCUT2D eigenvalue weighted by atomic mass is 16.3. The van der Waals surface area contributed by atoms with Gasteiger partial charge in [-0.2, -0.15) is 0 Å². The van der Waals surface area contributed by atoms with E-state index in [0.29, 0.717) is 5.71 Å². The Kier molecular flexibility index (Phi) is 3.10. The Morgan fingerprint density at radius 1 is 0.640 bits per heavy atom. The first kappa shape index (κ1) is 13.9. The third-order valence-corrected chi connectivity index (χ3v) is 4.37. The second-order valence-corrected chi connectivity index (χ2v) is 5.91. The summed E-state index contributed by atoms with van der Waals surface area (Å²) in [6.45, 7) is 0. The highest BCUT2D eigenvalue weighted by Gasteiger charge is 2.14. The first-order valence-electron chi connectivity index (χ1n) is 8.19. The van der Waals surface area contributed by atoms with Crippen LogP contribution in [0.1, 0.15) is 0 Å². The van der Waals surface area contributed by atoms with Crippen LogP contribution in [0.5, 0.6) is 0 Å². The fourth-order valence-electron chi connectivity index (χ4n) is 3.17. The lowest BCUT2D eigenvalue weighted by molar-refractivity contribution is 0.655. The van der Waals surface area contributed by atoms with Crippen molar-refractivity contribution in [2.45, 2.75) is 0 Å². The fraction of sp³-hybridized carbons (Fsp3) is 0. The molecule has 0 saturated carbocycles. The summed E-state index contributed by atoms with van der Waals surface area (Å²) in [7, 11) is 0. The van der Waals surface area contributed by atoms with Crippen molar-refractivity contribution < 1.29 is 4.42 Å². The Bertz CT molecular complexity index is 1180. The molecule has 0 spiro atoms. The number of furan rings is 1. The predicted octanol–water partition coefficient (Wildman–Crippen LogP) is 5.71. The van der Waals surface area contributed by atoms with E-state index in [4.69, 9.17) is 9.40 Å². The number of fused-ring (bicyclic) bond motifs is 3. The van der Waals surface area contributed by atoms with E-state index < -0.39 is 0 Å². The van der Waals surface area contributed by atoms with Crippen molar-refractivity contribution in [3.8, 4) is 22.5 Å².